The summed E-state index contributed by atoms with van der Waals surface area (Å²) in [5.41, 5.74) is 3.23. The average Bonchev–Trinajstić information content (AvgIpc) is 2.75. The lowest BCUT2D eigenvalue weighted by molar-refractivity contribution is -0.112. The van der Waals surface area contributed by atoms with E-state index in [-0.39, 0.29) is 10.5 Å². The van der Waals surface area contributed by atoms with Crippen LogP contribution in [0.25, 0.3) is 6.08 Å². The summed E-state index contributed by atoms with van der Waals surface area (Å²) in [5.74, 6) is -0.580. The second-order valence-corrected chi connectivity index (χ2v) is 9.40. The van der Waals surface area contributed by atoms with Crippen molar-refractivity contribution in [3.63, 3.8) is 0 Å². The van der Waals surface area contributed by atoms with E-state index in [1.165, 1.54) is 22.5 Å². The van der Waals surface area contributed by atoms with Crippen molar-refractivity contribution in [3.05, 3.63) is 64.7 Å². The molecule has 2 aromatic carbocycles. The molecule has 1 aliphatic rings. The van der Waals surface area contributed by atoms with Gasteiger partial charge in [-0.3, -0.25) is 4.79 Å². The van der Waals surface area contributed by atoms with E-state index in [0.717, 1.165) is 36.0 Å². The number of nitriles is 1. The summed E-state index contributed by atoms with van der Waals surface area (Å²) in [6, 6.07) is 13.8. The minimum Gasteiger partial charge on any atom is -0.321 e. The summed E-state index contributed by atoms with van der Waals surface area (Å²) < 4.78 is 27.2. The van der Waals surface area contributed by atoms with Crippen molar-refractivity contribution in [2.75, 3.05) is 18.4 Å². The number of rotatable bonds is 5. The fraction of sp³-hybridized carbons (Fsp3) is 0.304. The van der Waals surface area contributed by atoms with E-state index in [0.29, 0.717) is 18.8 Å². The van der Waals surface area contributed by atoms with Gasteiger partial charge in [-0.2, -0.15) is 9.57 Å². The Morgan fingerprint density at radius 2 is 1.80 bits per heavy atom. The molecule has 0 saturated carbocycles. The summed E-state index contributed by atoms with van der Waals surface area (Å²) >= 11 is 0. The molecule has 1 N–H and O–H groups in total. The molecule has 0 aromatic heterocycles. The third-order valence-corrected chi connectivity index (χ3v) is 7.15. The van der Waals surface area contributed by atoms with Crippen LogP contribution in [-0.4, -0.2) is 31.7 Å². The molecule has 0 aliphatic carbocycles. The van der Waals surface area contributed by atoms with Crippen LogP contribution in [0.1, 0.15) is 36.0 Å². The molecule has 0 radical (unpaired) electrons. The number of amides is 1. The van der Waals surface area contributed by atoms with Crippen LogP contribution in [0.5, 0.6) is 0 Å². The molecule has 1 saturated heterocycles. The number of nitrogens with zero attached hydrogens (tertiary/aromatic N) is 2. The monoisotopic (exact) mass is 423 g/mol. The van der Waals surface area contributed by atoms with Crippen LogP contribution in [0.2, 0.25) is 0 Å². The van der Waals surface area contributed by atoms with Crippen molar-refractivity contribution in [2.45, 2.75) is 38.0 Å². The molecule has 3 rings (SSSR count). The predicted octanol–water partition coefficient (Wildman–Crippen LogP) is 4.02. The molecular weight excluding hydrogens is 398 g/mol. The molecule has 1 amide bonds. The van der Waals surface area contributed by atoms with Crippen molar-refractivity contribution in [3.8, 4) is 6.07 Å². The van der Waals surface area contributed by atoms with Crippen molar-refractivity contribution < 1.29 is 13.2 Å². The molecule has 2 aromatic rings. The smallest absolute Gasteiger partial charge is 0.266 e. The fourth-order valence-electron chi connectivity index (χ4n) is 3.36. The van der Waals surface area contributed by atoms with Crippen LogP contribution in [0.4, 0.5) is 5.69 Å². The minimum absolute atomic E-state index is 0.0532. The lowest BCUT2D eigenvalue weighted by Crippen LogP contribution is -2.35. The number of aryl methyl sites for hydroxylation is 2. The third kappa shape index (κ3) is 4.96. The maximum Gasteiger partial charge on any atom is 0.266 e. The van der Waals surface area contributed by atoms with Gasteiger partial charge in [0.1, 0.15) is 11.6 Å². The molecule has 7 heteroatoms. The van der Waals surface area contributed by atoms with Gasteiger partial charge < -0.3 is 5.32 Å². The highest BCUT2D eigenvalue weighted by molar-refractivity contribution is 7.89. The van der Waals surface area contributed by atoms with Gasteiger partial charge in [-0.15, -0.1) is 0 Å². The van der Waals surface area contributed by atoms with E-state index >= 15 is 0 Å². The lowest BCUT2D eigenvalue weighted by Gasteiger charge is -2.26. The molecule has 1 fully saturated rings. The van der Waals surface area contributed by atoms with Gasteiger partial charge in [0.05, 0.1) is 4.90 Å². The zero-order valence-corrected chi connectivity index (χ0v) is 18.0. The first-order valence-electron chi connectivity index (χ1n) is 9.92. The Balaban J connectivity index is 1.80. The molecule has 6 nitrogen and oxygen atoms in total. The molecule has 30 heavy (non-hydrogen) atoms. The highest BCUT2D eigenvalue weighted by atomic mass is 32.2. The first kappa shape index (κ1) is 21.8. The minimum atomic E-state index is -3.60. The van der Waals surface area contributed by atoms with Gasteiger partial charge in [-0.05, 0) is 67.7 Å². The van der Waals surface area contributed by atoms with Crippen LogP contribution in [-0.2, 0) is 14.8 Å². The summed E-state index contributed by atoms with van der Waals surface area (Å²) in [5, 5.41) is 12.1. The highest BCUT2D eigenvalue weighted by Gasteiger charge is 2.26. The number of sulfonamides is 1. The molecule has 1 heterocycles. The van der Waals surface area contributed by atoms with Gasteiger partial charge in [0, 0.05) is 18.8 Å². The van der Waals surface area contributed by atoms with Crippen LogP contribution in [0.3, 0.4) is 0 Å². The Labute approximate surface area is 177 Å². The second kappa shape index (κ2) is 9.24. The van der Waals surface area contributed by atoms with E-state index in [1.807, 2.05) is 38.1 Å². The Hall–Kier alpha value is -2.95. The van der Waals surface area contributed by atoms with Crippen molar-refractivity contribution in [2.24, 2.45) is 0 Å². The van der Waals surface area contributed by atoms with Crippen LogP contribution in [0.15, 0.2) is 52.9 Å². The normalized spacial score (nSPS) is 15.4. The van der Waals surface area contributed by atoms with Crippen molar-refractivity contribution >= 4 is 27.7 Å². The fourth-order valence-corrected chi connectivity index (χ4v) is 4.92. The highest BCUT2D eigenvalue weighted by Crippen LogP contribution is 2.23. The average molecular weight is 424 g/mol. The van der Waals surface area contributed by atoms with Crippen molar-refractivity contribution in [1.29, 1.82) is 5.26 Å². The summed E-state index contributed by atoms with van der Waals surface area (Å²) in [6.45, 7) is 4.98. The molecular formula is C23H25N3O3S. The zero-order chi connectivity index (χ0) is 21.7. The lowest BCUT2D eigenvalue weighted by atomic mass is 10.0. The zero-order valence-electron chi connectivity index (χ0n) is 17.2. The number of anilines is 1. The summed E-state index contributed by atoms with van der Waals surface area (Å²) in [4.78, 5) is 12.7. The van der Waals surface area contributed by atoms with E-state index in [9.17, 15) is 18.5 Å². The topological polar surface area (TPSA) is 90.3 Å². The molecule has 0 bridgehead atoms. The second-order valence-electron chi connectivity index (χ2n) is 7.46. The Kier molecular flexibility index (Phi) is 6.70. The SMILES string of the molecule is Cc1ccc(/C=C(\C#N)C(=O)Nc2cccc(S(=O)(=O)N3CCCCC3)c2)cc1C. The van der Waals surface area contributed by atoms with E-state index < -0.39 is 15.9 Å². The van der Waals surface area contributed by atoms with Crippen LogP contribution >= 0.6 is 0 Å². The Morgan fingerprint density at radius 3 is 2.47 bits per heavy atom. The van der Waals surface area contributed by atoms with Crippen molar-refractivity contribution in [1.82, 2.24) is 4.31 Å². The Bertz CT molecular complexity index is 1120. The maximum atomic E-state index is 12.9. The largest absolute Gasteiger partial charge is 0.321 e. The number of benzene rings is 2. The van der Waals surface area contributed by atoms with E-state index in [2.05, 4.69) is 5.32 Å². The number of nitrogens with one attached hydrogen (secondary N) is 1. The van der Waals surface area contributed by atoms with Gasteiger partial charge >= 0.3 is 0 Å². The number of hydrogen-bond acceptors (Lipinski definition) is 4. The van der Waals surface area contributed by atoms with Crippen LogP contribution < -0.4 is 5.32 Å². The van der Waals surface area contributed by atoms with E-state index in [4.69, 9.17) is 0 Å². The first-order chi connectivity index (χ1) is 14.3. The van der Waals surface area contributed by atoms with E-state index in [1.54, 1.807) is 12.1 Å². The maximum absolute atomic E-state index is 12.9. The van der Waals surface area contributed by atoms with Crippen LogP contribution in [0, 0.1) is 25.2 Å². The van der Waals surface area contributed by atoms with Gasteiger partial charge in [-0.25, -0.2) is 8.42 Å². The first-order valence-corrected chi connectivity index (χ1v) is 11.4. The summed E-state index contributed by atoms with van der Waals surface area (Å²) in [7, 11) is -3.60. The molecule has 0 unspecified atom stereocenters. The number of carbonyl (C=O) groups is 1. The Morgan fingerprint density at radius 1 is 1.07 bits per heavy atom. The number of hydrogen-bond donors (Lipinski definition) is 1. The predicted molar refractivity (Wildman–Crippen MR) is 117 cm³/mol. The molecule has 156 valence electrons. The summed E-state index contributed by atoms with van der Waals surface area (Å²) in [6.07, 6.45) is 4.26. The van der Waals surface area contributed by atoms with Gasteiger partial charge in [-0.1, -0.05) is 30.7 Å². The molecule has 0 atom stereocenters. The third-order valence-electron chi connectivity index (χ3n) is 5.25. The van der Waals surface area contributed by atoms with Gasteiger partial charge in [0.2, 0.25) is 10.0 Å². The molecule has 0 spiro atoms. The van der Waals surface area contributed by atoms with Gasteiger partial charge in [0.15, 0.2) is 0 Å². The molecule has 1 aliphatic heterocycles. The quantitative estimate of drug-likeness (QED) is 0.581. The standard InChI is InChI=1S/C23H25N3O3S/c1-17-9-10-19(13-18(17)2)14-20(16-24)23(27)25-21-7-6-8-22(15-21)30(28,29)26-11-4-3-5-12-26/h6-10,13-15H,3-5,11-12H2,1-2H3,(H,25,27)/b20-14+. The van der Waals surface area contributed by atoms with Gasteiger partial charge in [0.25, 0.3) is 5.91 Å². The number of carbonyl (C=O) groups excluding carboxylic acids is 1. The number of piperidine rings is 1.